The van der Waals surface area contributed by atoms with Crippen LogP contribution in [0.2, 0.25) is 5.02 Å². The highest BCUT2D eigenvalue weighted by atomic mass is 35.5. The maximum Gasteiger partial charge on any atom is 0.243 e. The van der Waals surface area contributed by atoms with Gasteiger partial charge < -0.3 is 11.1 Å². The molecule has 4 N–H and O–H groups in total. The Labute approximate surface area is 155 Å². The van der Waals surface area contributed by atoms with Crippen LogP contribution in [0.4, 0.5) is 0 Å². The van der Waals surface area contributed by atoms with Gasteiger partial charge in [0, 0.05) is 5.02 Å². The van der Waals surface area contributed by atoms with E-state index in [1.807, 2.05) is 24.3 Å². The largest absolute Gasteiger partial charge is 0.370 e. The topological polar surface area (TPSA) is 79.5 Å². The summed E-state index contributed by atoms with van der Waals surface area (Å²) in [5.41, 5.74) is 6.85. The number of nitrogens with zero attached hydrogens (tertiary/aromatic N) is 1. The van der Waals surface area contributed by atoms with Crippen molar-refractivity contribution in [2.24, 2.45) is 22.6 Å². The van der Waals surface area contributed by atoms with Gasteiger partial charge in [-0.1, -0.05) is 44.0 Å². The van der Waals surface area contributed by atoms with Crippen LogP contribution in [0.3, 0.4) is 0 Å². The zero-order valence-electron chi connectivity index (χ0n) is 15.1. The van der Waals surface area contributed by atoms with E-state index in [9.17, 15) is 4.79 Å². The van der Waals surface area contributed by atoms with Crippen LogP contribution in [0.15, 0.2) is 29.3 Å². The first kappa shape index (κ1) is 19.7. The van der Waals surface area contributed by atoms with E-state index in [0.29, 0.717) is 23.4 Å². The summed E-state index contributed by atoms with van der Waals surface area (Å²) in [7, 11) is 0. The number of nitrogens with two attached hydrogens (primary N) is 1. The molecule has 0 aromatic heterocycles. The fraction of sp³-hybridized carbons (Fsp3) is 0.579. The average molecular weight is 365 g/mol. The lowest BCUT2D eigenvalue weighted by atomic mass is 9.84. The highest BCUT2D eigenvalue weighted by molar-refractivity contribution is 6.30. The number of aliphatic imine (C=N–C) groups is 1. The molecule has 5 nitrogen and oxygen atoms in total. The zero-order chi connectivity index (χ0) is 18.2. The smallest absolute Gasteiger partial charge is 0.243 e. The van der Waals surface area contributed by atoms with Crippen LogP contribution in [0.1, 0.15) is 45.1 Å². The maximum absolute atomic E-state index is 12.4. The SMILES string of the molecule is CCC(C)C[C@@H]1CCN[C@H](C(=O)NC(N)=NCc2ccc(Cl)cc2)C1. The lowest BCUT2D eigenvalue weighted by Crippen LogP contribution is -2.51. The van der Waals surface area contributed by atoms with Crippen molar-refractivity contribution in [1.29, 1.82) is 0 Å². The predicted octanol–water partition coefficient (Wildman–Crippen LogP) is 3.08. The highest BCUT2D eigenvalue weighted by Gasteiger charge is 2.27. The standard InChI is InChI=1S/C19H29ClN4O/c1-3-13(2)10-15-8-9-22-17(11-15)18(25)24-19(21)23-12-14-4-6-16(20)7-5-14/h4-7,13,15,17,22H,3,8-12H2,1-2H3,(H3,21,23,24,25)/t13?,15-,17-/m0/s1. The Morgan fingerprint density at radius 1 is 1.44 bits per heavy atom. The van der Waals surface area contributed by atoms with Gasteiger partial charge >= 0.3 is 0 Å². The molecule has 25 heavy (non-hydrogen) atoms. The summed E-state index contributed by atoms with van der Waals surface area (Å²) < 4.78 is 0. The van der Waals surface area contributed by atoms with E-state index < -0.39 is 0 Å². The number of carbonyl (C=O) groups is 1. The molecule has 0 aliphatic carbocycles. The summed E-state index contributed by atoms with van der Waals surface area (Å²) in [6.07, 6.45) is 4.36. The summed E-state index contributed by atoms with van der Waals surface area (Å²) in [6, 6.07) is 7.22. The summed E-state index contributed by atoms with van der Waals surface area (Å²) in [5.74, 6) is 1.37. The van der Waals surface area contributed by atoms with Crippen molar-refractivity contribution in [3.8, 4) is 0 Å². The van der Waals surface area contributed by atoms with Gasteiger partial charge in [0.2, 0.25) is 5.91 Å². The van der Waals surface area contributed by atoms with E-state index in [0.717, 1.165) is 24.9 Å². The van der Waals surface area contributed by atoms with Gasteiger partial charge in [-0.3, -0.25) is 10.1 Å². The van der Waals surface area contributed by atoms with E-state index in [1.165, 1.54) is 12.8 Å². The van der Waals surface area contributed by atoms with Crippen LogP contribution < -0.4 is 16.4 Å². The van der Waals surface area contributed by atoms with Gasteiger partial charge in [0.15, 0.2) is 5.96 Å². The third-order valence-corrected chi connectivity index (χ3v) is 5.11. The number of halogens is 1. The maximum atomic E-state index is 12.4. The number of hydrogen-bond donors (Lipinski definition) is 3. The number of carbonyl (C=O) groups excluding carboxylic acids is 1. The first-order valence-corrected chi connectivity index (χ1v) is 9.44. The molecule has 1 aromatic carbocycles. The van der Waals surface area contributed by atoms with Crippen LogP contribution in [-0.2, 0) is 11.3 Å². The van der Waals surface area contributed by atoms with Crippen LogP contribution >= 0.6 is 11.6 Å². The number of rotatable bonds is 6. The second kappa shape index (κ2) is 9.78. The molecule has 6 heteroatoms. The molecule has 1 fully saturated rings. The Kier molecular flexibility index (Phi) is 7.72. The Bertz CT molecular complexity index is 588. The summed E-state index contributed by atoms with van der Waals surface area (Å²) in [6.45, 7) is 5.78. The van der Waals surface area contributed by atoms with Crippen molar-refractivity contribution < 1.29 is 4.79 Å². The van der Waals surface area contributed by atoms with Crippen molar-refractivity contribution in [2.75, 3.05) is 6.54 Å². The zero-order valence-corrected chi connectivity index (χ0v) is 15.9. The van der Waals surface area contributed by atoms with Gasteiger partial charge in [0.05, 0.1) is 12.6 Å². The number of hydrogen-bond acceptors (Lipinski definition) is 3. The quantitative estimate of drug-likeness (QED) is 0.536. The van der Waals surface area contributed by atoms with Gasteiger partial charge in [-0.25, -0.2) is 4.99 Å². The van der Waals surface area contributed by atoms with Crippen LogP contribution in [0.25, 0.3) is 0 Å². The van der Waals surface area contributed by atoms with Crippen molar-refractivity contribution in [3.05, 3.63) is 34.9 Å². The number of benzene rings is 1. The van der Waals surface area contributed by atoms with Crippen molar-refractivity contribution in [1.82, 2.24) is 10.6 Å². The molecule has 1 saturated heterocycles. The van der Waals surface area contributed by atoms with E-state index in [-0.39, 0.29) is 17.9 Å². The lowest BCUT2D eigenvalue weighted by Gasteiger charge is -2.30. The molecular weight excluding hydrogens is 336 g/mol. The van der Waals surface area contributed by atoms with Gasteiger partial charge in [0.1, 0.15) is 0 Å². The Morgan fingerprint density at radius 3 is 2.84 bits per heavy atom. The average Bonchev–Trinajstić information content (AvgIpc) is 2.61. The number of nitrogens with one attached hydrogen (secondary N) is 2. The third kappa shape index (κ3) is 6.67. The van der Waals surface area contributed by atoms with Crippen molar-refractivity contribution in [3.63, 3.8) is 0 Å². The monoisotopic (exact) mass is 364 g/mol. The molecule has 1 aliphatic heterocycles. The minimum absolute atomic E-state index is 0.0915. The highest BCUT2D eigenvalue weighted by Crippen LogP contribution is 2.25. The molecule has 1 heterocycles. The van der Waals surface area contributed by atoms with Crippen molar-refractivity contribution in [2.45, 2.75) is 52.1 Å². The fourth-order valence-corrected chi connectivity index (χ4v) is 3.29. The van der Waals surface area contributed by atoms with Crippen LogP contribution in [0.5, 0.6) is 0 Å². The molecule has 138 valence electrons. The van der Waals surface area contributed by atoms with Crippen LogP contribution in [-0.4, -0.2) is 24.5 Å². The summed E-state index contributed by atoms with van der Waals surface area (Å²) >= 11 is 5.86. The number of piperidine rings is 1. The van der Waals surface area contributed by atoms with Gasteiger partial charge in [-0.2, -0.15) is 0 Å². The van der Waals surface area contributed by atoms with E-state index in [4.69, 9.17) is 17.3 Å². The fourth-order valence-electron chi connectivity index (χ4n) is 3.16. The second-order valence-corrected chi connectivity index (χ2v) is 7.40. The Morgan fingerprint density at radius 2 is 2.16 bits per heavy atom. The molecule has 0 spiro atoms. The predicted molar refractivity (Wildman–Crippen MR) is 104 cm³/mol. The summed E-state index contributed by atoms with van der Waals surface area (Å²) in [4.78, 5) is 16.6. The van der Waals surface area contributed by atoms with Gasteiger partial charge in [0.25, 0.3) is 0 Å². The summed E-state index contributed by atoms with van der Waals surface area (Å²) in [5, 5.41) is 6.69. The van der Waals surface area contributed by atoms with Crippen molar-refractivity contribution >= 4 is 23.5 Å². The molecule has 2 rings (SSSR count). The minimum Gasteiger partial charge on any atom is -0.370 e. The lowest BCUT2D eigenvalue weighted by molar-refractivity contribution is -0.122. The number of guanidine groups is 1. The van der Waals surface area contributed by atoms with E-state index in [1.54, 1.807) is 0 Å². The Balaban J connectivity index is 1.83. The molecular formula is C19H29ClN4O. The molecule has 1 aliphatic rings. The van der Waals surface area contributed by atoms with E-state index >= 15 is 0 Å². The van der Waals surface area contributed by atoms with Gasteiger partial charge in [-0.05, 0) is 55.3 Å². The molecule has 0 radical (unpaired) electrons. The first-order chi connectivity index (χ1) is 12.0. The molecule has 1 unspecified atom stereocenters. The molecule has 1 aromatic rings. The second-order valence-electron chi connectivity index (χ2n) is 6.96. The Hall–Kier alpha value is -1.59. The van der Waals surface area contributed by atoms with Gasteiger partial charge in [-0.15, -0.1) is 0 Å². The minimum atomic E-state index is -0.188. The molecule has 3 atom stereocenters. The normalized spacial score (nSPS) is 22.4. The number of amides is 1. The third-order valence-electron chi connectivity index (χ3n) is 4.86. The first-order valence-electron chi connectivity index (χ1n) is 9.06. The van der Waals surface area contributed by atoms with Crippen LogP contribution in [0, 0.1) is 11.8 Å². The van der Waals surface area contributed by atoms with E-state index in [2.05, 4.69) is 29.5 Å². The molecule has 0 bridgehead atoms. The molecule has 1 amide bonds. The molecule has 0 saturated carbocycles.